The zero-order valence-corrected chi connectivity index (χ0v) is 12.2. The fraction of sp³-hybridized carbons (Fsp3) is 0.438. The van der Waals surface area contributed by atoms with Crippen molar-refractivity contribution in [3.63, 3.8) is 0 Å². The second kappa shape index (κ2) is 6.52. The van der Waals surface area contributed by atoms with Gasteiger partial charge in [0.15, 0.2) is 11.9 Å². The molecule has 0 aromatic heterocycles. The van der Waals surface area contributed by atoms with Crippen LogP contribution in [0.5, 0.6) is 0 Å². The van der Waals surface area contributed by atoms with Gasteiger partial charge in [-0.3, -0.25) is 14.4 Å². The van der Waals surface area contributed by atoms with Gasteiger partial charge in [-0.15, -0.1) is 0 Å². The molecule has 21 heavy (non-hydrogen) atoms. The normalized spacial score (nSPS) is 15.7. The lowest BCUT2D eigenvalue weighted by Crippen LogP contribution is -2.34. The van der Waals surface area contributed by atoms with E-state index in [4.69, 9.17) is 4.74 Å². The number of rotatable bonds is 5. The smallest absolute Gasteiger partial charge is 0.309 e. The lowest BCUT2D eigenvalue weighted by atomic mass is 9.86. The molecule has 112 valence electrons. The monoisotopic (exact) mass is 289 g/mol. The van der Waals surface area contributed by atoms with E-state index in [9.17, 15) is 14.4 Å². The Morgan fingerprint density at radius 1 is 1.29 bits per heavy atom. The molecule has 1 fully saturated rings. The van der Waals surface area contributed by atoms with Crippen molar-refractivity contribution < 1.29 is 19.1 Å². The summed E-state index contributed by atoms with van der Waals surface area (Å²) in [7, 11) is 0. The number of anilines is 1. The van der Waals surface area contributed by atoms with Crippen LogP contribution in [0.4, 0.5) is 5.69 Å². The lowest BCUT2D eigenvalue weighted by Gasteiger charge is -2.24. The number of hydrogen-bond donors (Lipinski definition) is 1. The van der Waals surface area contributed by atoms with Crippen LogP contribution in [0.1, 0.15) is 43.5 Å². The fourth-order valence-electron chi connectivity index (χ4n) is 2.03. The van der Waals surface area contributed by atoms with Gasteiger partial charge in [0, 0.05) is 11.3 Å². The highest BCUT2D eigenvalue weighted by atomic mass is 16.5. The van der Waals surface area contributed by atoms with Gasteiger partial charge in [-0.1, -0.05) is 18.6 Å². The van der Waals surface area contributed by atoms with Gasteiger partial charge in [0.2, 0.25) is 0 Å². The highest BCUT2D eigenvalue weighted by Gasteiger charge is 2.29. The Labute approximate surface area is 123 Å². The molecule has 1 aromatic carbocycles. The molecule has 1 aromatic rings. The van der Waals surface area contributed by atoms with E-state index in [1.54, 1.807) is 31.2 Å². The fourth-order valence-corrected chi connectivity index (χ4v) is 2.03. The maximum Gasteiger partial charge on any atom is 0.309 e. The van der Waals surface area contributed by atoms with E-state index in [0.717, 1.165) is 19.3 Å². The molecule has 0 saturated heterocycles. The number of ether oxygens (including phenoxy) is 1. The van der Waals surface area contributed by atoms with E-state index >= 15 is 0 Å². The van der Waals surface area contributed by atoms with Crippen LogP contribution in [0, 0.1) is 5.92 Å². The summed E-state index contributed by atoms with van der Waals surface area (Å²) < 4.78 is 5.15. The van der Waals surface area contributed by atoms with Crippen molar-refractivity contribution in [1.82, 2.24) is 0 Å². The second-order valence-electron chi connectivity index (χ2n) is 5.33. The Balaban J connectivity index is 1.92. The average Bonchev–Trinajstić information content (AvgIpc) is 2.36. The number of hydrogen-bond acceptors (Lipinski definition) is 4. The van der Waals surface area contributed by atoms with Crippen LogP contribution in [-0.2, 0) is 14.3 Å². The van der Waals surface area contributed by atoms with Gasteiger partial charge in [0.25, 0.3) is 5.91 Å². The maximum absolute atomic E-state index is 12.0. The Kier molecular flexibility index (Phi) is 4.73. The SMILES string of the molecule is CC(=O)c1cccc(NC(=O)[C@@H](C)OC(=O)C2CCC2)c1. The number of nitrogens with one attached hydrogen (secondary N) is 1. The number of benzene rings is 1. The van der Waals surface area contributed by atoms with Crippen molar-refractivity contribution in [3.05, 3.63) is 29.8 Å². The van der Waals surface area contributed by atoms with Gasteiger partial charge in [-0.05, 0) is 38.8 Å². The van der Waals surface area contributed by atoms with E-state index in [-0.39, 0.29) is 17.7 Å². The first-order chi connectivity index (χ1) is 9.97. The molecule has 0 unspecified atom stereocenters. The van der Waals surface area contributed by atoms with Crippen LogP contribution in [0.25, 0.3) is 0 Å². The van der Waals surface area contributed by atoms with Crippen LogP contribution >= 0.6 is 0 Å². The summed E-state index contributed by atoms with van der Waals surface area (Å²) in [5.74, 6) is -0.832. The number of ketones is 1. The summed E-state index contributed by atoms with van der Waals surface area (Å²) in [4.78, 5) is 35.0. The van der Waals surface area contributed by atoms with Crippen LogP contribution in [0.2, 0.25) is 0 Å². The first kappa shape index (κ1) is 15.2. The van der Waals surface area contributed by atoms with Crippen molar-refractivity contribution in [3.8, 4) is 0 Å². The van der Waals surface area contributed by atoms with E-state index < -0.39 is 12.0 Å². The molecule has 1 amide bonds. The topological polar surface area (TPSA) is 72.5 Å². The summed E-state index contributed by atoms with van der Waals surface area (Å²) in [6.45, 7) is 3.00. The predicted octanol–water partition coefficient (Wildman–Crippen LogP) is 2.56. The summed E-state index contributed by atoms with van der Waals surface area (Å²) in [5.41, 5.74) is 1.03. The minimum atomic E-state index is -0.848. The van der Waals surface area contributed by atoms with Gasteiger partial charge in [-0.25, -0.2) is 0 Å². The highest BCUT2D eigenvalue weighted by Crippen LogP contribution is 2.27. The summed E-state index contributed by atoms with van der Waals surface area (Å²) in [6, 6.07) is 6.65. The van der Waals surface area contributed by atoms with Gasteiger partial charge in [-0.2, -0.15) is 0 Å². The van der Waals surface area contributed by atoms with Crippen LogP contribution in [-0.4, -0.2) is 23.8 Å². The van der Waals surface area contributed by atoms with Crippen molar-refractivity contribution in [2.24, 2.45) is 5.92 Å². The molecule has 1 aliphatic rings. The number of carbonyl (C=O) groups excluding carboxylic acids is 3. The zero-order valence-electron chi connectivity index (χ0n) is 12.2. The number of esters is 1. The standard InChI is InChI=1S/C16H19NO4/c1-10(18)13-7-4-8-14(9-13)17-15(19)11(2)21-16(20)12-5-3-6-12/h4,7-9,11-12H,3,5-6H2,1-2H3,(H,17,19)/t11-/m1/s1. The number of Topliss-reactive ketones (excluding diaryl/α,β-unsaturated/α-hetero) is 1. The minimum absolute atomic E-state index is 0.0544. The van der Waals surface area contributed by atoms with Crippen molar-refractivity contribution >= 4 is 23.3 Å². The van der Waals surface area contributed by atoms with Gasteiger partial charge < -0.3 is 10.1 Å². The third-order valence-corrected chi connectivity index (χ3v) is 3.64. The molecule has 0 radical (unpaired) electrons. The molecule has 0 spiro atoms. The molecule has 1 N–H and O–H groups in total. The average molecular weight is 289 g/mol. The summed E-state index contributed by atoms with van der Waals surface area (Å²) in [6.07, 6.45) is 1.87. The Hall–Kier alpha value is -2.17. The molecule has 1 aliphatic carbocycles. The maximum atomic E-state index is 12.0. The van der Waals surface area contributed by atoms with Crippen LogP contribution in [0.15, 0.2) is 24.3 Å². The quantitative estimate of drug-likeness (QED) is 0.668. The van der Waals surface area contributed by atoms with Gasteiger partial charge >= 0.3 is 5.97 Å². The summed E-state index contributed by atoms with van der Waals surface area (Å²) >= 11 is 0. The van der Waals surface area contributed by atoms with Crippen molar-refractivity contribution in [2.75, 3.05) is 5.32 Å². The molecule has 1 saturated carbocycles. The lowest BCUT2D eigenvalue weighted by molar-refractivity contribution is -0.159. The highest BCUT2D eigenvalue weighted by molar-refractivity contribution is 5.98. The second-order valence-corrected chi connectivity index (χ2v) is 5.33. The molecule has 0 aliphatic heterocycles. The predicted molar refractivity (Wildman–Crippen MR) is 78.0 cm³/mol. The van der Waals surface area contributed by atoms with Crippen LogP contribution < -0.4 is 5.32 Å². The van der Waals surface area contributed by atoms with Gasteiger partial charge in [0.1, 0.15) is 0 Å². The first-order valence-electron chi connectivity index (χ1n) is 7.09. The molecule has 0 heterocycles. The number of amides is 1. The first-order valence-corrected chi connectivity index (χ1v) is 7.09. The third kappa shape index (κ3) is 3.90. The van der Waals surface area contributed by atoms with E-state index in [1.165, 1.54) is 6.92 Å². The van der Waals surface area contributed by atoms with E-state index in [2.05, 4.69) is 5.32 Å². The molecule has 1 atom stereocenters. The molecular weight excluding hydrogens is 270 g/mol. The zero-order chi connectivity index (χ0) is 15.4. The largest absolute Gasteiger partial charge is 0.452 e. The van der Waals surface area contributed by atoms with E-state index in [1.807, 2.05) is 0 Å². The van der Waals surface area contributed by atoms with E-state index in [0.29, 0.717) is 11.3 Å². The third-order valence-electron chi connectivity index (χ3n) is 3.64. The van der Waals surface area contributed by atoms with Crippen LogP contribution in [0.3, 0.4) is 0 Å². The molecule has 2 rings (SSSR count). The Bertz CT molecular complexity index is 563. The molecule has 0 bridgehead atoms. The Morgan fingerprint density at radius 2 is 2.00 bits per heavy atom. The summed E-state index contributed by atoms with van der Waals surface area (Å²) in [5, 5.41) is 2.65. The Morgan fingerprint density at radius 3 is 2.57 bits per heavy atom. The number of carbonyl (C=O) groups is 3. The molecular formula is C16H19NO4. The molecule has 5 nitrogen and oxygen atoms in total. The minimum Gasteiger partial charge on any atom is -0.452 e. The van der Waals surface area contributed by atoms with Crippen molar-refractivity contribution in [2.45, 2.75) is 39.2 Å². The van der Waals surface area contributed by atoms with Gasteiger partial charge in [0.05, 0.1) is 5.92 Å². The molecule has 5 heteroatoms. The van der Waals surface area contributed by atoms with Crippen molar-refractivity contribution in [1.29, 1.82) is 0 Å².